The number of nitrogens with zero attached hydrogens (tertiary/aromatic N) is 3. The van der Waals surface area contributed by atoms with Crippen molar-refractivity contribution in [2.45, 2.75) is 13.0 Å². The SMILES string of the molecule is COc1ccc2cc(C#N)c(N3CCO[C@@H](C)C3)nc2c1. The molecule has 3 rings (SSSR count). The van der Waals surface area contributed by atoms with Gasteiger partial charge in [-0.25, -0.2) is 4.98 Å². The van der Waals surface area contributed by atoms with E-state index in [0.29, 0.717) is 12.2 Å². The molecule has 21 heavy (non-hydrogen) atoms. The number of morpholine rings is 1. The third-order valence-electron chi connectivity index (χ3n) is 3.67. The Morgan fingerprint density at radius 3 is 3.00 bits per heavy atom. The molecule has 1 atom stereocenters. The first-order valence-electron chi connectivity index (χ1n) is 6.96. The molecule has 0 amide bonds. The van der Waals surface area contributed by atoms with Gasteiger partial charge in [0.1, 0.15) is 17.6 Å². The van der Waals surface area contributed by atoms with Crippen LogP contribution >= 0.6 is 0 Å². The Bertz CT molecular complexity index is 708. The quantitative estimate of drug-likeness (QED) is 0.846. The zero-order valence-electron chi connectivity index (χ0n) is 12.2. The van der Waals surface area contributed by atoms with Gasteiger partial charge >= 0.3 is 0 Å². The van der Waals surface area contributed by atoms with E-state index >= 15 is 0 Å². The van der Waals surface area contributed by atoms with E-state index in [1.165, 1.54) is 0 Å². The second-order valence-electron chi connectivity index (χ2n) is 5.16. The molecule has 2 aromatic rings. The first-order chi connectivity index (χ1) is 10.2. The molecule has 1 aliphatic heterocycles. The zero-order chi connectivity index (χ0) is 14.8. The number of nitriles is 1. The number of benzene rings is 1. The predicted octanol–water partition coefficient (Wildman–Crippen LogP) is 2.34. The Hall–Kier alpha value is -2.32. The number of hydrogen-bond acceptors (Lipinski definition) is 5. The minimum absolute atomic E-state index is 0.146. The van der Waals surface area contributed by atoms with Crippen LogP contribution in [-0.2, 0) is 4.74 Å². The lowest BCUT2D eigenvalue weighted by atomic mass is 10.1. The largest absolute Gasteiger partial charge is 0.497 e. The van der Waals surface area contributed by atoms with E-state index in [0.717, 1.165) is 35.6 Å². The standard InChI is InChI=1S/C16H17N3O2/c1-11-10-19(5-6-21-11)16-13(9-17)7-12-3-4-14(20-2)8-15(12)18-16/h3-4,7-8,11H,5-6,10H2,1-2H3/t11-/m0/s1. The van der Waals surface area contributed by atoms with Crippen LogP contribution in [0.2, 0.25) is 0 Å². The summed E-state index contributed by atoms with van der Waals surface area (Å²) in [6.45, 7) is 4.19. The van der Waals surface area contributed by atoms with Gasteiger partial charge in [-0.05, 0) is 25.1 Å². The second-order valence-corrected chi connectivity index (χ2v) is 5.16. The number of rotatable bonds is 2. The number of methoxy groups -OCH3 is 1. The summed E-state index contributed by atoms with van der Waals surface area (Å²) < 4.78 is 10.8. The fourth-order valence-corrected chi connectivity index (χ4v) is 2.60. The van der Waals surface area contributed by atoms with Crippen LogP contribution in [-0.4, -0.2) is 37.9 Å². The summed E-state index contributed by atoms with van der Waals surface area (Å²) in [5.74, 6) is 1.49. The highest BCUT2D eigenvalue weighted by Crippen LogP contribution is 2.27. The summed E-state index contributed by atoms with van der Waals surface area (Å²) in [6, 6.07) is 9.83. The van der Waals surface area contributed by atoms with Crippen molar-refractivity contribution in [3.63, 3.8) is 0 Å². The number of fused-ring (bicyclic) bond motifs is 1. The van der Waals surface area contributed by atoms with Crippen molar-refractivity contribution >= 4 is 16.7 Å². The number of ether oxygens (including phenoxy) is 2. The molecule has 108 valence electrons. The highest BCUT2D eigenvalue weighted by molar-refractivity contribution is 5.84. The fourth-order valence-electron chi connectivity index (χ4n) is 2.60. The van der Waals surface area contributed by atoms with Crippen LogP contribution in [0.15, 0.2) is 24.3 Å². The lowest BCUT2D eigenvalue weighted by molar-refractivity contribution is 0.0529. The van der Waals surface area contributed by atoms with Gasteiger partial charge in [0.25, 0.3) is 0 Å². The Labute approximate surface area is 123 Å². The molecule has 1 aliphatic rings. The van der Waals surface area contributed by atoms with Crippen molar-refractivity contribution in [1.82, 2.24) is 4.98 Å². The van der Waals surface area contributed by atoms with E-state index < -0.39 is 0 Å². The van der Waals surface area contributed by atoms with Crippen molar-refractivity contribution in [2.24, 2.45) is 0 Å². The van der Waals surface area contributed by atoms with Crippen LogP contribution in [0, 0.1) is 11.3 Å². The molecule has 0 spiro atoms. The Morgan fingerprint density at radius 2 is 2.29 bits per heavy atom. The van der Waals surface area contributed by atoms with Crippen LogP contribution in [0.1, 0.15) is 12.5 Å². The highest BCUT2D eigenvalue weighted by Gasteiger charge is 2.21. The number of aromatic nitrogens is 1. The van der Waals surface area contributed by atoms with Crippen LogP contribution < -0.4 is 9.64 Å². The van der Waals surface area contributed by atoms with Crippen molar-refractivity contribution in [2.75, 3.05) is 31.7 Å². The fraction of sp³-hybridized carbons (Fsp3) is 0.375. The van der Waals surface area contributed by atoms with E-state index in [2.05, 4.69) is 16.0 Å². The summed E-state index contributed by atoms with van der Waals surface area (Å²) in [5, 5.41) is 10.3. The van der Waals surface area contributed by atoms with Crippen LogP contribution in [0.4, 0.5) is 5.82 Å². The normalized spacial score (nSPS) is 18.5. The van der Waals surface area contributed by atoms with Gasteiger partial charge < -0.3 is 14.4 Å². The highest BCUT2D eigenvalue weighted by atomic mass is 16.5. The van der Waals surface area contributed by atoms with E-state index in [9.17, 15) is 5.26 Å². The minimum atomic E-state index is 0.146. The molecule has 1 fully saturated rings. The van der Waals surface area contributed by atoms with Crippen LogP contribution in [0.5, 0.6) is 5.75 Å². The third-order valence-corrected chi connectivity index (χ3v) is 3.67. The molecule has 0 unspecified atom stereocenters. The van der Waals surface area contributed by atoms with E-state index in [1.807, 2.05) is 31.2 Å². The molecule has 1 saturated heterocycles. The Morgan fingerprint density at radius 1 is 1.43 bits per heavy atom. The van der Waals surface area contributed by atoms with E-state index in [1.54, 1.807) is 7.11 Å². The molecule has 1 aromatic carbocycles. The second kappa shape index (κ2) is 5.58. The summed E-state index contributed by atoms with van der Waals surface area (Å²) in [4.78, 5) is 6.80. The lowest BCUT2D eigenvalue weighted by Gasteiger charge is -2.32. The van der Waals surface area contributed by atoms with Gasteiger partial charge in [0, 0.05) is 24.5 Å². The van der Waals surface area contributed by atoms with Crippen molar-refractivity contribution in [1.29, 1.82) is 5.26 Å². The van der Waals surface area contributed by atoms with Gasteiger partial charge in [-0.1, -0.05) is 0 Å². The van der Waals surface area contributed by atoms with Crippen LogP contribution in [0.25, 0.3) is 10.9 Å². The van der Waals surface area contributed by atoms with Gasteiger partial charge in [-0.3, -0.25) is 0 Å². The van der Waals surface area contributed by atoms with E-state index in [4.69, 9.17) is 9.47 Å². The van der Waals surface area contributed by atoms with Gasteiger partial charge in [-0.2, -0.15) is 5.26 Å². The maximum Gasteiger partial charge on any atom is 0.147 e. The summed E-state index contributed by atoms with van der Waals surface area (Å²) in [6.07, 6.45) is 0.146. The monoisotopic (exact) mass is 283 g/mol. The molecule has 0 radical (unpaired) electrons. The molecular formula is C16H17N3O2. The predicted molar refractivity (Wildman–Crippen MR) is 80.6 cm³/mol. The zero-order valence-corrected chi connectivity index (χ0v) is 12.2. The van der Waals surface area contributed by atoms with Gasteiger partial charge in [0.2, 0.25) is 0 Å². The smallest absolute Gasteiger partial charge is 0.147 e. The molecule has 0 saturated carbocycles. The molecule has 1 aromatic heterocycles. The molecule has 0 bridgehead atoms. The Balaban J connectivity index is 2.09. The molecule has 0 aliphatic carbocycles. The van der Waals surface area contributed by atoms with E-state index in [-0.39, 0.29) is 6.10 Å². The maximum absolute atomic E-state index is 9.40. The lowest BCUT2D eigenvalue weighted by Crippen LogP contribution is -2.41. The van der Waals surface area contributed by atoms with Gasteiger partial charge in [0.15, 0.2) is 0 Å². The summed E-state index contributed by atoms with van der Waals surface area (Å²) in [5.41, 5.74) is 1.43. The first kappa shape index (κ1) is 13.7. The summed E-state index contributed by atoms with van der Waals surface area (Å²) >= 11 is 0. The minimum Gasteiger partial charge on any atom is -0.497 e. The number of pyridine rings is 1. The average Bonchev–Trinajstić information content (AvgIpc) is 2.53. The first-order valence-corrected chi connectivity index (χ1v) is 6.96. The topological polar surface area (TPSA) is 58.4 Å². The maximum atomic E-state index is 9.40. The molecule has 5 nitrogen and oxygen atoms in total. The number of hydrogen-bond donors (Lipinski definition) is 0. The summed E-state index contributed by atoms with van der Waals surface area (Å²) in [7, 11) is 1.63. The van der Waals surface area contributed by atoms with Crippen molar-refractivity contribution < 1.29 is 9.47 Å². The van der Waals surface area contributed by atoms with Gasteiger partial charge in [-0.15, -0.1) is 0 Å². The molecule has 5 heteroatoms. The van der Waals surface area contributed by atoms with Crippen molar-refractivity contribution in [3.05, 3.63) is 29.8 Å². The van der Waals surface area contributed by atoms with Crippen molar-refractivity contribution in [3.8, 4) is 11.8 Å². The molecule has 0 N–H and O–H groups in total. The average molecular weight is 283 g/mol. The van der Waals surface area contributed by atoms with Gasteiger partial charge in [0.05, 0.1) is 30.9 Å². The Kier molecular flexibility index (Phi) is 3.63. The van der Waals surface area contributed by atoms with Crippen LogP contribution in [0.3, 0.4) is 0 Å². The molecule has 2 heterocycles. The molecular weight excluding hydrogens is 266 g/mol. The number of anilines is 1. The third kappa shape index (κ3) is 2.63.